The molecule has 7 heteroatoms. The van der Waals surface area contributed by atoms with Gasteiger partial charge in [-0.15, -0.1) is 16.4 Å². The molecule has 0 bridgehead atoms. The van der Waals surface area contributed by atoms with Crippen LogP contribution < -0.4 is 10.1 Å². The lowest BCUT2D eigenvalue weighted by atomic mass is 10.2. The van der Waals surface area contributed by atoms with Crippen molar-refractivity contribution >= 4 is 33.3 Å². The lowest BCUT2D eigenvalue weighted by molar-refractivity contribution is -0.122. The van der Waals surface area contributed by atoms with E-state index in [9.17, 15) is 4.79 Å². The summed E-state index contributed by atoms with van der Waals surface area (Å²) < 4.78 is 7.46. The summed E-state index contributed by atoms with van der Waals surface area (Å²) in [6, 6.07) is 7.74. The molecule has 2 aromatic heterocycles. The van der Waals surface area contributed by atoms with E-state index in [4.69, 9.17) is 4.74 Å². The summed E-state index contributed by atoms with van der Waals surface area (Å²) in [6.45, 7) is 3.63. The summed E-state index contributed by atoms with van der Waals surface area (Å²) in [6.07, 6.45) is 1.06. The van der Waals surface area contributed by atoms with E-state index in [1.807, 2.05) is 38.2 Å². The Kier molecular flexibility index (Phi) is 3.81. The predicted molar refractivity (Wildman–Crippen MR) is 86.3 cm³/mol. The zero-order valence-electron chi connectivity index (χ0n) is 12.5. The highest BCUT2D eigenvalue weighted by Crippen LogP contribution is 2.25. The maximum absolute atomic E-state index is 12.2. The van der Waals surface area contributed by atoms with Crippen LogP contribution in [0.1, 0.15) is 11.8 Å². The van der Waals surface area contributed by atoms with Gasteiger partial charge in [0.1, 0.15) is 0 Å². The Balaban J connectivity index is 1.75. The molecule has 0 aliphatic heterocycles. The molecule has 114 valence electrons. The molecule has 0 saturated carbocycles. The summed E-state index contributed by atoms with van der Waals surface area (Å²) in [7, 11) is 1.85. The third kappa shape index (κ3) is 2.80. The summed E-state index contributed by atoms with van der Waals surface area (Å²) in [5.74, 6) is 0.208. The fourth-order valence-corrected chi connectivity index (χ4v) is 2.78. The van der Waals surface area contributed by atoms with Gasteiger partial charge in [0.15, 0.2) is 11.2 Å². The van der Waals surface area contributed by atoms with Crippen molar-refractivity contribution in [1.29, 1.82) is 0 Å². The van der Waals surface area contributed by atoms with Crippen LogP contribution in [-0.4, -0.2) is 26.8 Å². The number of benzene rings is 1. The van der Waals surface area contributed by atoms with Crippen LogP contribution in [0.5, 0.6) is 5.88 Å². The second-order valence-electron chi connectivity index (χ2n) is 4.97. The van der Waals surface area contributed by atoms with Gasteiger partial charge in [0.05, 0.1) is 10.9 Å². The third-order valence-electron chi connectivity index (χ3n) is 3.23. The van der Waals surface area contributed by atoms with Gasteiger partial charge in [-0.05, 0) is 26.0 Å². The number of carbonyl (C=O) groups is 1. The molecule has 3 rings (SSSR count). The molecule has 0 spiro atoms. The Labute approximate surface area is 131 Å². The van der Waals surface area contributed by atoms with Crippen LogP contribution in [0, 0.1) is 6.92 Å². The van der Waals surface area contributed by atoms with Crippen LogP contribution in [0.2, 0.25) is 0 Å². The number of nitrogens with zero attached hydrogens (tertiary/aromatic N) is 3. The van der Waals surface area contributed by atoms with Crippen molar-refractivity contribution in [3.8, 4) is 5.88 Å². The maximum atomic E-state index is 12.2. The number of anilines is 1. The van der Waals surface area contributed by atoms with E-state index in [1.165, 1.54) is 11.3 Å². The number of carbonyl (C=O) groups excluding carboxylic acids is 1. The van der Waals surface area contributed by atoms with Crippen LogP contribution in [0.3, 0.4) is 0 Å². The van der Waals surface area contributed by atoms with Crippen LogP contribution >= 0.6 is 11.3 Å². The van der Waals surface area contributed by atoms with Crippen molar-refractivity contribution in [3.63, 3.8) is 0 Å². The van der Waals surface area contributed by atoms with Crippen molar-refractivity contribution in [2.24, 2.45) is 7.05 Å². The van der Waals surface area contributed by atoms with E-state index in [2.05, 4.69) is 15.4 Å². The summed E-state index contributed by atoms with van der Waals surface area (Å²) in [5, 5.41) is 8.53. The molecule has 0 aliphatic carbocycles. The van der Waals surface area contributed by atoms with Gasteiger partial charge in [-0.25, -0.2) is 4.98 Å². The van der Waals surface area contributed by atoms with Crippen LogP contribution in [0.25, 0.3) is 10.9 Å². The highest BCUT2D eigenvalue weighted by Gasteiger charge is 2.19. The van der Waals surface area contributed by atoms with Crippen molar-refractivity contribution in [2.45, 2.75) is 20.0 Å². The van der Waals surface area contributed by atoms with Gasteiger partial charge in [-0.2, -0.15) is 0 Å². The fourth-order valence-electron chi connectivity index (χ4n) is 2.11. The largest absolute Gasteiger partial charge is 0.463 e. The van der Waals surface area contributed by atoms with Gasteiger partial charge >= 0.3 is 0 Å². The summed E-state index contributed by atoms with van der Waals surface area (Å²) in [4.78, 5) is 17.3. The normalized spacial score (nSPS) is 12.3. The predicted octanol–water partition coefficient (Wildman–Crippen LogP) is 2.74. The Morgan fingerprint density at radius 2 is 2.18 bits per heavy atom. The highest BCUT2D eigenvalue weighted by atomic mass is 32.1. The molecular weight excluding hydrogens is 300 g/mol. The Morgan fingerprint density at radius 3 is 2.91 bits per heavy atom. The Hall–Kier alpha value is -2.41. The SMILES string of the molecule is Cc1cnc(NC(=O)[C@H](C)Oc2nn(C)c3ccccc23)s1. The Bertz CT molecular complexity index is 824. The molecule has 0 saturated heterocycles. The number of amides is 1. The average Bonchev–Trinajstić information content (AvgIpc) is 3.04. The first-order valence-corrected chi connectivity index (χ1v) is 7.68. The van der Waals surface area contributed by atoms with E-state index in [0.29, 0.717) is 11.0 Å². The molecule has 2 heterocycles. The molecule has 0 aliphatic rings. The fraction of sp³-hybridized carbons (Fsp3) is 0.267. The number of thiazole rings is 1. The molecule has 6 nitrogen and oxygen atoms in total. The highest BCUT2D eigenvalue weighted by molar-refractivity contribution is 7.15. The molecule has 0 unspecified atom stereocenters. The molecule has 1 N–H and O–H groups in total. The number of hydrogen-bond acceptors (Lipinski definition) is 5. The lowest BCUT2D eigenvalue weighted by Gasteiger charge is -2.11. The van der Waals surface area contributed by atoms with Crippen molar-refractivity contribution in [1.82, 2.24) is 14.8 Å². The number of para-hydroxylation sites is 1. The molecular formula is C15H16N4O2S. The third-order valence-corrected chi connectivity index (χ3v) is 4.06. The van der Waals surface area contributed by atoms with E-state index < -0.39 is 6.10 Å². The number of rotatable bonds is 4. The number of ether oxygens (including phenoxy) is 1. The minimum Gasteiger partial charge on any atom is -0.463 e. The molecule has 22 heavy (non-hydrogen) atoms. The van der Waals surface area contributed by atoms with E-state index in [1.54, 1.807) is 17.8 Å². The van der Waals surface area contributed by atoms with Gasteiger partial charge < -0.3 is 4.74 Å². The number of aromatic nitrogens is 3. The lowest BCUT2D eigenvalue weighted by Crippen LogP contribution is -2.30. The van der Waals surface area contributed by atoms with Crippen LogP contribution in [0.4, 0.5) is 5.13 Å². The minimum absolute atomic E-state index is 0.246. The van der Waals surface area contributed by atoms with Gasteiger partial charge in [0.25, 0.3) is 5.91 Å². The van der Waals surface area contributed by atoms with E-state index in [0.717, 1.165) is 15.8 Å². The number of nitrogens with one attached hydrogen (secondary N) is 1. The van der Waals surface area contributed by atoms with Gasteiger partial charge in [-0.1, -0.05) is 12.1 Å². The smallest absolute Gasteiger partial charge is 0.266 e. The van der Waals surface area contributed by atoms with Crippen molar-refractivity contribution in [2.75, 3.05) is 5.32 Å². The zero-order chi connectivity index (χ0) is 15.7. The summed E-state index contributed by atoms with van der Waals surface area (Å²) >= 11 is 1.43. The Morgan fingerprint density at radius 1 is 1.41 bits per heavy atom. The van der Waals surface area contributed by atoms with E-state index >= 15 is 0 Å². The first kappa shape index (κ1) is 14.5. The number of fused-ring (bicyclic) bond motifs is 1. The molecule has 3 aromatic rings. The molecule has 1 aromatic carbocycles. The van der Waals surface area contributed by atoms with Crippen LogP contribution in [-0.2, 0) is 11.8 Å². The van der Waals surface area contributed by atoms with Crippen LogP contribution in [0.15, 0.2) is 30.5 Å². The van der Waals surface area contributed by atoms with Gasteiger partial charge in [0, 0.05) is 18.1 Å². The first-order chi connectivity index (χ1) is 10.5. The number of aryl methyl sites for hydroxylation is 2. The van der Waals surface area contributed by atoms with E-state index in [-0.39, 0.29) is 5.91 Å². The maximum Gasteiger partial charge on any atom is 0.266 e. The second kappa shape index (κ2) is 5.76. The van der Waals surface area contributed by atoms with Crippen molar-refractivity contribution in [3.05, 3.63) is 35.3 Å². The topological polar surface area (TPSA) is 69.0 Å². The van der Waals surface area contributed by atoms with Gasteiger partial charge in [-0.3, -0.25) is 14.8 Å². The van der Waals surface area contributed by atoms with Crippen molar-refractivity contribution < 1.29 is 9.53 Å². The average molecular weight is 316 g/mol. The zero-order valence-corrected chi connectivity index (χ0v) is 13.3. The molecule has 1 amide bonds. The standard InChI is InChI=1S/C15H16N4O2S/c1-9-8-16-15(22-9)17-13(20)10(2)21-14-11-6-4-5-7-12(11)19(3)18-14/h4-8,10H,1-3H3,(H,16,17,20)/t10-/m0/s1. The molecule has 1 atom stereocenters. The molecule has 0 fully saturated rings. The number of hydrogen-bond donors (Lipinski definition) is 1. The molecule has 0 radical (unpaired) electrons. The quantitative estimate of drug-likeness (QED) is 0.803. The minimum atomic E-state index is -0.664. The van der Waals surface area contributed by atoms with Gasteiger partial charge in [0.2, 0.25) is 5.88 Å². The summed E-state index contributed by atoms with van der Waals surface area (Å²) in [5.41, 5.74) is 0.959. The second-order valence-corrected chi connectivity index (χ2v) is 6.21. The monoisotopic (exact) mass is 316 g/mol. The first-order valence-electron chi connectivity index (χ1n) is 6.86.